The van der Waals surface area contributed by atoms with E-state index in [-0.39, 0.29) is 5.78 Å². The zero-order chi connectivity index (χ0) is 12.1. The monoisotopic (exact) mass is 237 g/mol. The van der Waals surface area contributed by atoms with E-state index in [0.29, 0.717) is 5.70 Å². The van der Waals surface area contributed by atoms with Crippen molar-refractivity contribution in [2.24, 2.45) is 0 Å². The van der Waals surface area contributed by atoms with E-state index in [1.807, 2.05) is 13.0 Å². The number of Topliss-reactive ketones (excluding diaryl/α,β-unsaturated/α-hetero) is 1. The van der Waals surface area contributed by atoms with Gasteiger partial charge < -0.3 is 16.0 Å². The summed E-state index contributed by atoms with van der Waals surface area (Å²) < 4.78 is 0. The molecule has 3 N–H and O–H groups in total. The number of allylic oxidation sites excluding steroid dienone is 1. The summed E-state index contributed by atoms with van der Waals surface area (Å²) in [6, 6.07) is 1.83. The van der Waals surface area contributed by atoms with Crippen molar-refractivity contribution in [3.05, 3.63) is 27.7 Å². The minimum absolute atomic E-state index is 0.0750. The fraction of sp³-hybridized carbons (Fsp3) is 0.273. The Kier molecular flexibility index (Phi) is 4.25. The average Bonchev–Trinajstić information content (AvgIpc) is 2.62. The van der Waals surface area contributed by atoms with Gasteiger partial charge in [-0.05, 0) is 19.9 Å². The van der Waals surface area contributed by atoms with Crippen molar-refractivity contribution in [1.82, 2.24) is 5.32 Å². The Balaban J connectivity index is 2.85. The van der Waals surface area contributed by atoms with Gasteiger partial charge >= 0.3 is 0 Å². The zero-order valence-electron chi connectivity index (χ0n) is 9.55. The van der Waals surface area contributed by atoms with E-state index < -0.39 is 0 Å². The summed E-state index contributed by atoms with van der Waals surface area (Å²) in [7, 11) is 1.75. The molecule has 0 aliphatic heterocycles. The van der Waals surface area contributed by atoms with Crippen LogP contribution in [-0.4, -0.2) is 19.0 Å². The fourth-order valence-corrected chi connectivity index (χ4v) is 2.02. The van der Waals surface area contributed by atoms with Gasteiger partial charge in [0.2, 0.25) is 0 Å². The van der Waals surface area contributed by atoms with E-state index in [0.717, 1.165) is 15.4 Å². The number of ketones is 1. The summed E-state index contributed by atoms with van der Waals surface area (Å²) in [5.74, 6) is 0.0750. The summed E-state index contributed by atoms with van der Waals surface area (Å²) >= 11 is 1.47. The van der Waals surface area contributed by atoms with Crippen LogP contribution in [0, 0.1) is 12.3 Å². The first-order valence-corrected chi connectivity index (χ1v) is 5.66. The second-order valence-corrected chi connectivity index (χ2v) is 4.53. The maximum atomic E-state index is 11.2. The van der Waals surface area contributed by atoms with Crippen LogP contribution in [-0.2, 0) is 0 Å². The molecule has 0 aromatic carbocycles. The number of rotatable bonds is 5. The van der Waals surface area contributed by atoms with Crippen molar-refractivity contribution in [2.45, 2.75) is 13.8 Å². The lowest BCUT2D eigenvalue weighted by Crippen LogP contribution is -2.08. The molecule has 16 heavy (non-hydrogen) atoms. The number of thiophene rings is 1. The molecule has 1 heterocycles. The highest BCUT2D eigenvalue weighted by molar-refractivity contribution is 7.14. The third-order valence-electron chi connectivity index (χ3n) is 2.09. The van der Waals surface area contributed by atoms with Crippen LogP contribution in [0.1, 0.15) is 21.5 Å². The second kappa shape index (κ2) is 5.46. The van der Waals surface area contributed by atoms with Crippen LogP contribution >= 0.6 is 11.3 Å². The molecule has 0 saturated heterocycles. The summed E-state index contributed by atoms with van der Waals surface area (Å²) in [6.07, 6.45) is 2.92. The molecule has 0 aliphatic carbocycles. The summed E-state index contributed by atoms with van der Waals surface area (Å²) in [6.45, 7) is 3.51. The molecule has 0 bridgehead atoms. The predicted molar refractivity (Wildman–Crippen MR) is 68.6 cm³/mol. The number of hydrogen-bond acceptors (Lipinski definition) is 5. The van der Waals surface area contributed by atoms with Crippen molar-refractivity contribution in [2.75, 3.05) is 12.4 Å². The molecule has 0 radical (unpaired) electrons. The molecule has 0 spiro atoms. The van der Waals surface area contributed by atoms with Gasteiger partial charge in [-0.15, -0.1) is 11.3 Å². The van der Waals surface area contributed by atoms with E-state index in [2.05, 4.69) is 10.6 Å². The molecule has 0 fully saturated rings. The molecule has 1 aromatic heterocycles. The minimum Gasteiger partial charge on any atom is -0.386 e. The maximum absolute atomic E-state index is 11.2. The Labute approximate surface area is 98.9 Å². The van der Waals surface area contributed by atoms with Crippen LogP contribution in [0.3, 0.4) is 0 Å². The number of hydrogen-bond donors (Lipinski definition) is 3. The number of carbonyl (C=O) groups is 1. The summed E-state index contributed by atoms with van der Waals surface area (Å²) in [4.78, 5) is 13.0. The lowest BCUT2D eigenvalue weighted by atomic mass is 10.3. The standard InChI is InChI=1S/C11H15N3OS/c1-7(15)11-4-10(8(2)16-11)14-6-9(5-12)13-3/h4-6,12-14H,1-3H3/b9-6+,12-5?. The lowest BCUT2D eigenvalue weighted by molar-refractivity contribution is 0.102. The zero-order valence-corrected chi connectivity index (χ0v) is 10.4. The molecule has 0 atom stereocenters. The molecule has 86 valence electrons. The van der Waals surface area contributed by atoms with Gasteiger partial charge in [-0.2, -0.15) is 0 Å². The van der Waals surface area contributed by atoms with Gasteiger partial charge in [-0.3, -0.25) is 4.79 Å². The number of nitrogens with one attached hydrogen (secondary N) is 3. The normalized spacial score (nSPS) is 11.1. The van der Waals surface area contributed by atoms with E-state index in [4.69, 9.17) is 5.41 Å². The van der Waals surface area contributed by atoms with Crippen molar-refractivity contribution in [3.63, 3.8) is 0 Å². The van der Waals surface area contributed by atoms with E-state index in [9.17, 15) is 4.79 Å². The quantitative estimate of drug-likeness (QED) is 0.544. The van der Waals surface area contributed by atoms with Crippen molar-refractivity contribution in [1.29, 1.82) is 5.41 Å². The van der Waals surface area contributed by atoms with Gasteiger partial charge in [0.25, 0.3) is 0 Å². The maximum Gasteiger partial charge on any atom is 0.169 e. The van der Waals surface area contributed by atoms with Crippen molar-refractivity contribution in [3.8, 4) is 0 Å². The van der Waals surface area contributed by atoms with Crippen molar-refractivity contribution >= 4 is 29.0 Å². The molecular weight excluding hydrogens is 222 g/mol. The molecule has 1 aromatic rings. The highest BCUT2D eigenvalue weighted by Crippen LogP contribution is 2.26. The molecule has 1 rings (SSSR count). The third kappa shape index (κ3) is 2.93. The molecule has 4 nitrogen and oxygen atoms in total. The predicted octanol–water partition coefficient (Wildman–Crippen LogP) is 2.38. The molecule has 5 heteroatoms. The van der Waals surface area contributed by atoms with Gasteiger partial charge in [-0.25, -0.2) is 0 Å². The van der Waals surface area contributed by atoms with Gasteiger partial charge in [0, 0.05) is 24.3 Å². The second-order valence-electron chi connectivity index (χ2n) is 3.28. The number of aryl methyl sites for hydroxylation is 1. The van der Waals surface area contributed by atoms with Crippen LogP contribution in [0.2, 0.25) is 0 Å². The van der Waals surface area contributed by atoms with E-state index >= 15 is 0 Å². The number of anilines is 1. The summed E-state index contributed by atoms with van der Waals surface area (Å²) in [5.41, 5.74) is 1.58. The first kappa shape index (κ1) is 12.4. The van der Waals surface area contributed by atoms with Gasteiger partial charge in [0.15, 0.2) is 5.78 Å². The molecular formula is C11H15N3OS. The van der Waals surface area contributed by atoms with Crippen LogP contribution < -0.4 is 10.6 Å². The third-order valence-corrected chi connectivity index (χ3v) is 3.24. The topological polar surface area (TPSA) is 65.0 Å². The first-order chi connectivity index (χ1) is 7.58. The SMILES string of the molecule is CN/C(C=N)=C/Nc1cc(C(C)=O)sc1C. The first-order valence-electron chi connectivity index (χ1n) is 4.84. The molecule has 0 saturated carbocycles. The Hall–Kier alpha value is -1.62. The summed E-state index contributed by atoms with van der Waals surface area (Å²) in [5, 5.41) is 13.0. The van der Waals surface area contributed by atoms with Gasteiger partial charge in [0.1, 0.15) is 0 Å². The lowest BCUT2D eigenvalue weighted by Gasteiger charge is -2.02. The van der Waals surface area contributed by atoms with Gasteiger partial charge in [-0.1, -0.05) is 0 Å². The molecule has 0 unspecified atom stereocenters. The highest BCUT2D eigenvalue weighted by Gasteiger charge is 2.07. The van der Waals surface area contributed by atoms with Crippen LogP contribution in [0.25, 0.3) is 0 Å². The van der Waals surface area contributed by atoms with E-state index in [1.54, 1.807) is 20.2 Å². The minimum atomic E-state index is 0.0750. The van der Waals surface area contributed by atoms with Crippen LogP contribution in [0.5, 0.6) is 0 Å². The van der Waals surface area contributed by atoms with Crippen LogP contribution in [0.15, 0.2) is 18.0 Å². The molecule has 0 aliphatic rings. The Morgan fingerprint density at radius 2 is 2.25 bits per heavy atom. The Morgan fingerprint density at radius 3 is 2.69 bits per heavy atom. The Bertz CT molecular complexity index is 434. The number of carbonyl (C=O) groups excluding carboxylic acids is 1. The highest BCUT2D eigenvalue weighted by atomic mass is 32.1. The average molecular weight is 237 g/mol. The largest absolute Gasteiger partial charge is 0.386 e. The smallest absolute Gasteiger partial charge is 0.169 e. The van der Waals surface area contributed by atoms with Crippen LogP contribution in [0.4, 0.5) is 5.69 Å². The van der Waals surface area contributed by atoms with E-state index in [1.165, 1.54) is 17.6 Å². The van der Waals surface area contributed by atoms with Gasteiger partial charge in [0.05, 0.1) is 16.3 Å². The van der Waals surface area contributed by atoms with Crippen molar-refractivity contribution < 1.29 is 4.79 Å². The fourth-order valence-electron chi connectivity index (χ4n) is 1.14. The molecule has 0 amide bonds. The Morgan fingerprint density at radius 1 is 1.56 bits per heavy atom.